The number of nitrogens with zero attached hydrogens (tertiary/aromatic N) is 3. The number of hydrogen-bond acceptors (Lipinski definition) is 5. The van der Waals surface area contributed by atoms with Crippen LogP contribution in [0, 0.1) is 6.92 Å². The molecule has 0 unspecified atom stereocenters. The van der Waals surface area contributed by atoms with Gasteiger partial charge in [0, 0.05) is 25.8 Å². The van der Waals surface area contributed by atoms with Gasteiger partial charge in [-0.3, -0.25) is 4.79 Å². The zero-order valence-corrected chi connectivity index (χ0v) is 13.8. The maximum atomic E-state index is 12.2. The predicted octanol–water partition coefficient (Wildman–Crippen LogP) is 1.69. The summed E-state index contributed by atoms with van der Waals surface area (Å²) in [5.41, 5.74) is 2.60. The van der Waals surface area contributed by atoms with Crippen LogP contribution in [-0.4, -0.2) is 48.0 Å². The van der Waals surface area contributed by atoms with Gasteiger partial charge in [-0.05, 0) is 32.6 Å². The number of aryl methyl sites for hydroxylation is 1. The molecular weight excluding hydrogens is 290 g/mol. The normalized spacial score (nSPS) is 10.6. The Kier molecular flexibility index (Phi) is 6.05. The molecule has 1 aromatic carbocycles. The SMILES string of the molecule is Cc1cccc(CNC(=O)c2ccnc(NCCN(C)C)n2)c1. The van der Waals surface area contributed by atoms with Gasteiger partial charge < -0.3 is 15.5 Å². The van der Waals surface area contributed by atoms with E-state index in [1.165, 1.54) is 5.56 Å². The van der Waals surface area contributed by atoms with Crippen LogP contribution in [0.15, 0.2) is 36.5 Å². The van der Waals surface area contributed by atoms with Crippen molar-refractivity contribution in [2.45, 2.75) is 13.5 Å². The summed E-state index contributed by atoms with van der Waals surface area (Å²) < 4.78 is 0. The number of anilines is 1. The highest BCUT2D eigenvalue weighted by Crippen LogP contribution is 2.05. The minimum Gasteiger partial charge on any atom is -0.353 e. The first-order valence-corrected chi connectivity index (χ1v) is 7.60. The van der Waals surface area contributed by atoms with Crippen molar-refractivity contribution in [2.75, 3.05) is 32.5 Å². The second-order valence-electron chi connectivity index (χ2n) is 5.67. The van der Waals surface area contributed by atoms with Gasteiger partial charge in [0.2, 0.25) is 5.95 Å². The quantitative estimate of drug-likeness (QED) is 0.814. The second-order valence-corrected chi connectivity index (χ2v) is 5.67. The van der Waals surface area contributed by atoms with Crippen molar-refractivity contribution in [1.29, 1.82) is 0 Å². The predicted molar refractivity (Wildman–Crippen MR) is 91.4 cm³/mol. The van der Waals surface area contributed by atoms with E-state index >= 15 is 0 Å². The van der Waals surface area contributed by atoms with E-state index in [1.807, 2.05) is 39.2 Å². The third kappa shape index (κ3) is 5.67. The van der Waals surface area contributed by atoms with Crippen LogP contribution in [0.5, 0.6) is 0 Å². The van der Waals surface area contributed by atoms with Crippen molar-refractivity contribution in [1.82, 2.24) is 20.2 Å². The van der Waals surface area contributed by atoms with E-state index in [2.05, 4.69) is 31.6 Å². The molecule has 0 spiro atoms. The molecule has 0 aliphatic rings. The fourth-order valence-corrected chi connectivity index (χ4v) is 2.06. The van der Waals surface area contributed by atoms with Crippen molar-refractivity contribution < 1.29 is 4.79 Å². The van der Waals surface area contributed by atoms with Crippen molar-refractivity contribution in [2.24, 2.45) is 0 Å². The van der Waals surface area contributed by atoms with Crippen molar-refractivity contribution in [3.63, 3.8) is 0 Å². The summed E-state index contributed by atoms with van der Waals surface area (Å²) in [5.74, 6) is 0.264. The van der Waals surface area contributed by atoms with Crippen LogP contribution in [0.4, 0.5) is 5.95 Å². The molecule has 0 bridgehead atoms. The van der Waals surface area contributed by atoms with Crippen LogP contribution in [0.2, 0.25) is 0 Å². The van der Waals surface area contributed by atoms with Gasteiger partial charge in [0.25, 0.3) is 5.91 Å². The highest BCUT2D eigenvalue weighted by atomic mass is 16.1. The molecule has 1 aromatic heterocycles. The van der Waals surface area contributed by atoms with Gasteiger partial charge in [0.05, 0.1) is 0 Å². The fraction of sp³-hybridized carbons (Fsp3) is 0.353. The maximum Gasteiger partial charge on any atom is 0.270 e. The summed E-state index contributed by atoms with van der Waals surface area (Å²) in [6, 6.07) is 9.66. The topological polar surface area (TPSA) is 70.2 Å². The largest absolute Gasteiger partial charge is 0.353 e. The zero-order chi connectivity index (χ0) is 16.7. The van der Waals surface area contributed by atoms with Crippen molar-refractivity contribution in [3.05, 3.63) is 53.3 Å². The zero-order valence-electron chi connectivity index (χ0n) is 13.8. The molecular formula is C17H23N5O. The first-order chi connectivity index (χ1) is 11.0. The standard InChI is InChI=1S/C17H23N5O/c1-13-5-4-6-14(11-13)12-20-16(23)15-7-8-18-17(21-15)19-9-10-22(2)3/h4-8,11H,9-10,12H2,1-3H3,(H,20,23)(H,18,19,21). The molecule has 2 N–H and O–H groups in total. The number of likely N-dealkylation sites (N-methyl/N-ethyl adjacent to an activating group) is 1. The summed E-state index contributed by atoms with van der Waals surface area (Å²) >= 11 is 0. The average molecular weight is 313 g/mol. The molecule has 122 valence electrons. The average Bonchev–Trinajstić information content (AvgIpc) is 2.52. The van der Waals surface area contributed by atoms with Gasteiger partial charge in [-0.2, -0.15) is 0 Å². The molecule has 0 atom stereocenters. The molecule has 0 radical (unpaired) electrons. The Bertz CT molecular complexity index is 657. The summed E-state index contributed by atoms with van der Waals surface area (Å²) in [4.78, 5) is 22.6. The van der Waals surface area contributed by atoms with Crippen molar-refractivity contribution >= 4 is 11.9 Å². The lowest BCUT2D eigenvalue weighted by atomic mass is 10.1. The number of hydrogen-bond donors (Lipinski definition) is 2. The molecule has 0 aliphatic heterocycles. The minimum atomic E-state index is -0.204. The number of nitrogens with one attached hydrogen (secondary N) is 2. The van der Waals surface area contributed by atoms with Gasteiger partial charge >= 0.3 is 0 Å². The molecule has 2 aromatic rings. The summed E-state index contributed by atoms with van der Waals surface area (Å²) in [6.45, 7) is 4.10. The second kappa shape index (κ2) is 8.24. The van der Waals surface area contributed by atoms with Gasteiger partial charge in [-0.15, -0.1) is 0 Å². The summed E-state index contributed by atoms with van der Waals surface area (Å²) in [7, 11) is 4.00. The third-order valence-electron chi connectivity index (χ3n) is 3.27. The van der Waals surface area contributed by atoms with Gasteiger partial charge in [-0.25, -0.2) is 9.97 Å². The summed E-state index contributed by atoms with van der Waals surface area (Å²) in [5, 5.41) is 5.99. The molecule has 1 heterocycles. The van der Waals surface area contributed by atoms with Crippen LogP contribution in [-0.2, 0) is 6.54 Å². The number of benzene rings is 1. The Balaban J connectivity index is 1.91. The van der Waals surface area contributed by atoms with Gasteiger partial charge in [0.15, 0.2) is 0 Å². The van der Waals surface area contributed by atoms with Gasteiger partial charge in [0.1, 0.15) is 5.69 Å². The smallest absolute Gasteiger partial charge is 0.270 e. The number of rotatable bonds is 7. The lowest BCUT2D eigenvalue weighted by Crippen LogP contribution is -2.25. The maximum absolute atomic E-state index is 12.2. The number of amides is 1. The van der Waals surface area contributed by atoms with Crippen LogP contribution in [0.25, 0.3) is 0 Å². The van der Waals surface area contributed by atoms with Gasteiger partial charge in [-0.1, -0.05) is 29.8 Å². The Hall–Kier alpha value is -2.47. The first kappa shape index (κ1) is 16.9. The van der Waals surface area contributed by atoms with E-state index in [0.29, 0.717) is 18.2 Å². The van der Waals surface area contributed by atoms with Crippen LogP contribution >= 0.6 is 0 Å². The Labute approximate surface area is 137 Å². The van der Waals surface area contributed by atoms with Crippen LogP contribution in [0.1, 0.15) is 21.6 Å². The highest BCUT2D eigenvalue weighted by Gasteiger charge is 2.08. The van der Waals surface area contributed by atoms with Crippen LogP contribution in [0.3, 0.4) is 0 Å². The number of carbonyl (C=O) groups excluding carboxylic acids is 1. The molecule has 0 saturated heterocycles. The lowest BCUT2D eigenvalue weighted by molar-refractivity contribution is 0.0946. The Morgan fingerprint density at radius 3 is 2.83 bits per heavy atom. The van der Waals surface area contributed by atoms with E-state index in [4.69, 9.17) is 0 Å². The Morgan fingerprint density at radius 1 is 1.26 bits per heavy atom. The van der Waals surface area contributed by atoms with E-state index in [1.54, 1.807) is 12.3 Å². The molecule has 2 rings (SSSR count). The van der Waals surface area contributed by atoms with Crippen molar-refractivity contribution in [3.8, 4) is 0 Å². The molecule has 0 aliphatic carbocycles. The molecule has 1 amide bonds. The first-order valence-electron chi connectivity index (χ1n) is 7.60. The molecule has 6 nitrogen and oxygen atoms in total. The number of aromatic nitrogens is 2. The Morgan fingerprint density at radius 2 is 2.09 bits per heavy atom. The molecule has 23 heavy (non-hydrogen) atoms. The molecule has 6 heteroatoms. The molecule has 0 saturated carbocycles. The third-order valence-corrected chi connectivity index (χ3v) is 3.27. The van der Waals surface area contributed by atoms with E-state index in [9.17, 15) is 4.79 Å². The summed E-state index contributed by atoms with van der Waals surface area (Å²) in [6.07, 6.45) is 1.59. The highest BCUT2D eigenvalue weighted by molar-refractivity contribution is 5.92. The fourth-order valence-electron chi connectivity index (χ4n) is 2.06. The van der Waals surface area contributed by atoms with E-state index < -0.39 is 0 Å². The van der Waals surface area contributed by atoms with E-state index in [-0.39, 0.29) is 5.91 Å². The minimum absolute atomic E-state index is 0.204. The number of carbonyl (C=O) groups is 1. The van der Waals surface area contributed by atoms with Crippen LogP contribution < -0.4 is 10.6 Å². The lowest BCUT2D eigenvalue weighted by Gasteiger charge is -2.11. The monoisotopic (exact) mass is 313 g/mol. The van der Waals surface area contributed by atoms with E-state index in [0.717, 1.165) is 18.7 Å². The molecule has 0 fully saturated rings.